The van der Waals surface area contributed by atoms with Gasteiger partial charge in [-0.3, -0.25) is 4.68 Å². The lowest BCUT2D eigenvalue weighted by Crippen LogP contribution is -2.21. The van der Waals surface area contributed by atoms with E-state index in [0.717, 1.165) is 5.69 Å². The van der Waals surface area contributed by atoms with E-state index >= 15 is 0 Å². The number of aryl methyl sites for hydroxylation is 2. The number of hydrogen-bond acceptors (Lipinski definition) is 2. The highest BCUT2D eigenvalue weighted by Gasteiger charge is 2.26. The number of nitrogens with two attached hydrogens (primary N) is 1. The molecule has 0 spiro atoms. The monoisotopic (exact) mass is 203 g/mol. The average molecular weight is 203 g/mol. The highest BCUT2D eigenvalue weighted by molar-refractivity contribution is 5.29. The molecule has 1 aromatic rings. The normalized spacial score (nSPS) is 13.6. The summed E-state index contributed by atoms with van der Waals surface area (Å²) in [6, 6.07) is 0. The van der Waals surface area contributed by atoms with Crippen molar-refractivity contribution < 1.29 is 8.78 Å². The van der Waals surface area contributed by atoms with E-state index in [1.54, 1.807) is 25.6 Å². The Labute approximate surface area is 81.9 Å². The molecule has 0 radical (unpaired) electrons. The summed E-state index contributed by atoms with van der Waals surface area (Å²) in [5.74, 6) is -0.899. The average Bonchev–Trinajstić information content (AvgIpc) is 2.32. The van der Waals surface area contributed by atoms with Gasteiger partial charge in [-0.1, -0.05) is 0 Å². The van der Waals surface area contributed by atoms with Crippen LogP contribution in [0.5, 0.6) is 0 Å². The van der Waals surface area contributed by atoms with Gasteiger partial charge in [-0.25, -0.2) is 8.78 Å². The summed E-state index contributed by atoms with van der Waals surface area (Å²) in [5, 5.41) is 4.09. The maximum atomic E-state index is 12.6. The number of rotatable bonds is 3. The second kappa shape index (κ2) is 4.04. The number of nitrogens with zero attached hydrogens (tertiary/aromatic N) is 2. The van der Waals surface area contributed by atoms with Crippen molar-refractivity contribution in [2.75, 3.05) is 6.54 Å². The Morgan fingerprint density at radius 1 is 1.43 bits per heavy atom. The van der Waals surface area contributed by atoms with E-state index in [9.17, 15) is 8.78 Å². The molecule has 1 atom stereocenters. The van der Waals surface area contributed by atoms with E-state index in [1.165, 1.54) is 0 Å². The van der Waals surface area contributed by atoms with Crippen molar-refractivity contribution in [3.05, 3.63) is 17.0 Å². The highest BCUT2D eigenvalue weighted by atomic mass is 19.3. The molecule has 1 unspecified atom stereocenters. The molecule has 5 heteroatoms. The lowest BCUT2D eigenvalue weighted by Gasteiger charge is -2.14. The van der Waals surface area contributed by atoms with Gasteiger partial charge >= 0.3 is 0 Å². The molecular weight excluding hydrogens is 188 g/mol. The van der Waals surface area contributed by atoms with Gasteiger partial charge in [0.15, 0.2) is 0 Å². The Morgan fingerprint density at radius 3 is 2.29 bits per heavy atom. The molecule has 0 saturated heterocycles. The topological polar surface area (TPSA) is 43.8 Å². The predicted octanol–water partition coefficient (Wildman–Crippen LogP) is 1.34. The Bertz CT molecular complexity index is 320. The minimum Gasteiger partial charge on any atom is -0.330 e. The summed E-state index contributed by atoms with van der Waals surface area (Å²) in [6.45, 7) is 3.46. The quantitative estimate of drug-likeness (QED) is 0.805. The van der Waals surface area contributed by atoms with E-state index in [1.807, 2.05) is 0 Å². The van der Waals surface area contributed by atoms with Gasteiger partial charge in [-0.05, 0) is 13.8 Å². The van der Waals surface area contributed by atoms with Crippen molar-refractivity contribution in [2.45, 2.75) is 26.2 Å². The first-order chi connectivity index (χ1) is 6.49. The van der Waals surface area contributed by atoms with Crippen molar-refractivity contribution in [2.24, 2.45) is 12.8 Å². The van der Waals surface area contributed by atoms with E-state index in [0.29, 0.717) is 11.3 Å². The number of aromatic nitrogens is 2. The third-order valence-electron chi connectivity index (χ3n) is 2.49. The van der Waals surface area contributed by atoms with Crippen LogP contribution in [0.25, 0.3) is 0 Å². The summed E-state index contributed by atoms with van der Waals surface area (Å²) < 4.78 is 26.9. The van der Waals surface area contributed by atoms with Crippen LogP contribution in [0.15, 0.2) is 0 Å². The summed E-state index contributed by atoms with van der Waals surface area (Å²) in [6.07, 6.45) is -2.43. The third-order valence-corrected chi connectivity index (χ3v) is 2.49. The third kappa shape index (κ3) is 1.77. The fourth-order valence-electron chi connectivity index (χ4n) is 1.67. The van der Waals surface area contributed by atoms with E-state index < -0.39 is 12.3 Å². The molecule has 0 aliphatic heterocycles. The molecule has 1 heterocycles. The van der Waals surface area contributed by atoms with Crippen LogP contribution in [0.3, 0.4) is 0 Å². The van der Waals surface area contributed by atoms with Gasteiger partial charge in [0, 0.05) is 24.8 Å². The van der Waals surface area contributed by atoms with Crippen LogP contribution in [-0.2, 0) is 7.05 Å². The number of alkyl halides is 2. The lowest BCUT2D eigenvalue weighted by molar-refractivity contribution is 0.116. The smallest absolute Gasteiger partial charge is 0.246 e. The first-order valence-corrected chi connectivity index (χ1v) is 4.47. The van der Waals surface area contributed by atoms with Crippen LogP contribution < -0.4 is 5.73 Å². The van der Waals surface area contributed by atoms with Crippen molar-refractivity contribution in [1.82, 2.24) is 9.78 Å². The fraction of sp³-hybridized carbons (Fsp3) is 0.667. The number of halogens is 2. The Morgan fingerprint density at radius 2 is 2.00 bits per heavy atom. The molecule has 3 nitrogen and oxygen atoms in total. The molecule has 1 rings (SSSR count). The van der Waals surface area contributed by atoms with Crippen molar-refractivity contribution in [3.63, 3.8) is 0 Å². The maximum absolute atomic E-state index is 12.6. The van der Waals surface area contributed by atoms with Gasteiger partial charge in [-0.2, -0.15) is 5.10 Å². The summed E-state index contributed by atoms with van der Waals surface area (Å²) in [7, 11) is 1.74. The van der Waals surface area contributed by atoms with Crippen LogP contribution in [0.2, 0.25) is 0 Å². The van der Waals surface area contributed by atoms with Gasteiger partial charge in [0.1, 0.15) is 0 Å². The van der Waals surface area contributed by atoms with Crippen LogP contribution in [-0.4, -0.2) is 22.8 Å². The number of hydrogen-bond donors (Lipinski definition) is 1. The minimum absolute atomic E-state index is 0.0506. The molecule has 0 fully saturated rings. The van der Waals surface area contributed by atoms with E-state index in [-0.39, 0.29) is 6.54 Å². The molecule has 0 aromatic carbocycles. The van der Waals surface area contributed by atoms with Crippen LogP contribution >= 0.6 is 0 Å². The second-order valence-corrected chi connectivity index (χ2v) is 3.38. The fourth-order valence-corrected chi connectivity index (χ4v) is 1.67. The Balaban J connectivity index is 3.15. The SMILES string of the molecule is Cc1nn(C)c(C)c1C(CN)C(F)F. The van der Waals surface area contributed by atoms with E-state index in [2.05, 4.69) is 5.10 Å². The molecule has 0 bridgehead atoms. The molecule has 0 aliphatic carbocycles. The second-order valence-electron chi connectivity index (χ2n) is 3.38. The summed E-state index contributed by atoms with van der Waals surface area (Å²) in [4.78, 5) is 0. The molecule has 80 valence electrons. The van der Waals surface area contributed by atoms with Gasteiger partial charge < -0.3 is 5.73 Å². The zero-order valence-corrected chi connectivity index (χ0v) is 8.59. The summed E-state index contributed by atoms with van der Waals surface area (Å²) >= 11 is 0. The summed E-state index contributed by atoms with van der Waals surface area (Å²) in [5.41, 5.74) is 7.33. The van der Waals surface area contributed by atoms with Crippen LogP contribution in [0, 0.1) is 13.8 Å². The maximum Gasteiger partial charge on any atom is 0.246 e. The van der Waals surface area contributed by atoms with E-state index in [4.69, 9.17) is 5.73 Å². The van der Waals surface area contributed by atoms with Gasteiger partial charge in [0.05, 0.1) is 11.6 Å². The highest BCUT2D eigenvalue weighted by Crippen LogP contribution is 2.27. The van der Waals surface area contributed by atoms with Gasteiger partial charge in [0.25, 0.3) is 0 Å². The lowest BCUT2D eigenvalue weighted by atomic mass is 9.98. The molecule has 0 amide bonds. The van der Waals surface area contributed by atoms with Crippen molar-refractivity contribution >= 4 is 0 Å². The van der Waals surface area contributed by atoms with Crippen LogP contribution in [0.4, 0.5) is 8.78 Å². The first-order valence-electron chi connectivity index (χ1n) is 4.47. The molecule has 14 heavy (non-hydrogen) atoms. The minimum atomic E-state index is -2.43. The standard InChI is InChI=1S/C9H15F2N3/c1-5-8(6(2)14(3)13-5)7(4-12)9(10)11/h7,9H,4,12H2,1-3H3. The van der Waals surface area contributed by atoms with Crippen LogP contribution in [0.1, 0.15) is 22.9 Å². The predicted molar refractivity (Wildman–Crippen MR) is 50.5 cm³/mol. The Kier molecular flexibility index (Phi) is 3.21. The Hall–Kier alpha value is -0.970. The molecule has 0 saturated carbocycles. The molecular formula is C9H15F2N3. The van der Waals surface area contributed by atoms with Crippen molar-refractivity contribution in [1.29, 1.82) is 0 Å². The zero-order chi connectivity index (χ0) is 10.9. The molecule has 1 aromatic heterocycles. The molecule has 0 aliphatic rings. The largest absolute Gasteiger partial charge is 0.330 e. The first kappa shape index (κ1) is 11.1. The van der Waals surface area contributed by atoms with Crippen molar-refractivity contribution in [3.8, 4) is 0 Å². The molecule has 2 N–H and O–H groups in total. The zero-order valence-electron chi connectivity index (χ0n) is 8.59. The van der Waals surface area contributed by atoms with Gasteiger partial charge in [0.2, 0.25) is 6.43 Å². The van der Waals surface area contributed by atoms with Gasteiger partial charge in [-0.15, -0.1) is 0 Å².